The number of carbonyl (C=O) groups is 1. The standard InChI is InChI=1S/C17H15N3O2/c1-19(2)17(22)15-13-10-6-7-11-14(13)16(21)20(18-15)12-8-4-3-5-9-12/h3-11H,1-2H3. The highest BCUT2D eigenvalue weighted by atomic mass is 16.2. The number of benzene rings is 2. The number of aromatic nitrogens is 2. The van der Waals surface area contributed by atoms with E-state index >= 15 is 0 Å². The van der Waals surface area contributed by atoms with Gasteiger partial charge in [0.25, 0.3) is 11.5 Å². The van der Waals surface area contributed by atoms with Crippen molar-refractivity contribution < 1.29 is 4.79 Å². The Kier molecular flexibility index (Phi) is 3.47. The largest absolute Gasteiger partial charge is 0.343 e. The van der Waals surface area contributed by atoms with Crippen molar-refractivity contribution in [1.82, 2.24) is 14.7 Å². The first-order chi connectivity index (χ1) is 10.6. The second-order valence-corrected chi connectivity index (χ2v) is 5.15. The van der Waals surface area contributed by atoms with Gasteiger partial charge in [-0.2, -0.15) is 9.78 Å². The Morgan fingerprint density at radius 3 is 2.18 bits per heavy atom. The fourth-order valence-electron chi connectivity index (χ4n) is 2.30. The van der Waals surface area contributed by atoms with Gasteiger partial charge in [0.2, 0.25) is 0 Å². The summed E-state index contributed by atoms with van der Waals surface area (Å²) in [6.07, 6.45) is 0. The Bertz CT molecular complexity index is 899. The number of hydrogen-bond donors (Lipinski definition) is 0. The highest BCUT2D eigenvalue weighted by Gasteiger charge is 2.18. The molecule has 0 aliphatic rings. The van der Waals surface area contributed by atoms with E-state index < -0.39 is 0 Å². The van der Waals surface area contributed by atoms with E-state index in [1.165, 1.54) is 9.58 Å². The monoisotopic (exact) mass is 293 g/mol. The molecule has 0 saturated heterocycles. The first kappa shape index (κ1) is 14.0. The van der Waals surface area contributed by atoms with Crippen LogP contribution in [-0.2, 0) is 0 Å². The number of nitrogens with zero attached hydrogens (tertiary/aromatic N) is 3. The summed E-state index contributed by atoms with van der Waals surface area (Å²) in [7, 11) is 3.33. The Morgan fingerprint density at radius 2 is 1.55 bits per heavy atom. The molecule has 1 heterocycles. The number of carbonyl (C=O) groups excluding carboxylic acids is 1. The third kappa shape index (κ3) is 2.26. The van der Waals surface area contributed by atoms with Gasteiger partial charge in [0, 0.05) is 19.5 Å². The van der Waals surface area contributed by atoms with E-state index in [0.29, 0.717) is 16.5 Å². The van der Waals surface area contributed by atoms with Gasteiger partial charge in [-0.25, -0.2) is 0 Å². The normalized spacial score (nSPS) is 10.6. The molecule has 3 rings (SSSR count). The van der Waals surface area contributed by atoms with Gasteiger partial charge in [-0.3, -0.25) is 9.59 Å². The molecule has 0 bridgehead atoms. The molecular weight excluding hydrogens is 278 g/mol. The summed E-state index contributed by atoms with van der Waals surface area (Å²) in [4.78, 5) is 26.5. The zero-order valence-corrected chi connectivity index (χ0v) is 12.4. The molecule has 1 amide bonds. The average Bonchev–Trinajstić information content (AvgIpc) is 2.55. The summed E-state index contributed by atoms with van der Waals surface area (Å²) in [5, 5.41) is 5.35. The maximum absolute atomic E-state index is 12.6. The van der Waals surface area contributed by atoms with Crippen LogP contribution < -0.4 is 5.56 Å². The van der Waals surface area contributed by atoms with Crippen molar-refractivity contribution >= 4 is 16.7 Å². The quantitative estimate of drug-likeness (QED) is 0.727. The van der Waals surface area contributed by atoms with Crippen LogP contribution in [0.1, 0.15) is 10.5 Å². The van der Waals surface area contributed by atoms with Crippen LogP contribution in [0.5, 0.6) is 0 Å². The van der Waals surface area contributed by atoms with E-state index in [-0.39, 0.29) is 17.2 Å². The average molecular weight is 293 g/mol. The predicted molar refractivity (Wildman–Crippen MR) is 85.4 cm³/mol. The lowest BCUT2D eigenvalue weighted by Gasteiger charge is -2.14. The molecule has 1 aromatic heterocycles. The van der Waals surface area contributed by atoms with Gasteiger partial charge >= 0.3 is 0 Å². The minimum atomic E-state index is -0.239. The molecule has 0 aliphatic heterocycles. The molecule has 3 aromatic rings. The van der Waals surface area contributed by atoms with Crippen LogP contribution in [0, 0.1) is 0 Å². The molecule has 5 nitrogen and oxygen atoms in total. The third-order valence-electron chi connectivity index (χ3n) is 3.41. The molecule has 0 atom stereocenters. The number of rotatable bonds is 2. The van der Waals surface area contributed by atoms with Crippen molar-refractivity contribution in [2.24, 2.45) is 0 Å². The van der Waals surface area contributed by atoms with Crippen LogP contribution in [0.4, 0.5) is 0 Å². The Morgan fingerprint density at radius 1 is 0.955 bits per heavy atom. The first-order valence-corrected chi connectivity index (χ1v) is 6.89. The van der Waals surface area contributed by atoms with E-state index in [4.69, 9.17) is 0 Å². The number of hydrogen-bond acceptors (Lipinski definition) is 3. The Hall–Kier alpha value is -2.95. The maximum atomic E-state index is 12.6. The minimum absolute atomic E-state index is 0.235. The molecule has 5 heteroatoms. The van der Waals surface area contributed by atoms with Crippen molar-refractivity contribution in [2.75, 3.05) is 14.1 Å². The molecule has 0 radical (unpaired) electrons. The lowest BCUT2D eigenvalue weighted by Crippen LogP contribution is -2.29. The number of fused-ring (bicyclic) bond motifs is 1. The van der Waals surface area contributed by atoms with Gasteiger partial charge in [0.05, 0.1) is 11.1 Å². The fourth-order valence-corrected chi connectivity index (χ4v) is 2.30. The van der Waals surface area contributed by atoms with Crippen LogP contribution in [0.15, 0.2) is 59.4 Å². The van der Waals surface area contributed by atoms with Crippen molar-refractivity contribution in [2.45, 2.75) is 0 Å². The van der Waals surface area contributed by atoms with Crippen molar-refractivity contribution in [1.29, 1.82) is 0 Å². The molecule has 0 aliphatic carbocycles. The van der Waals surface area contributed by atoms with Crippen LogP contribution in [0.25, 0.3) is 16.5 Å². The lowest BCUT2D eigenvalue weighted by molar-refractivity contribution is 0.0822. The van der Waals surface area contributed by atoms with Crippen LogP contribution in [0.3, 0.4) is 0 Å². The third-order valence-corrected chi connectivity index (χ3v) is 3.41. The van der Waals surface area contributed by atoms with Gasteiger partial charge in [0.15, 0.2) is 5.69 Å². The first-order valence-electron chi connectivity index (χ1n) is 6.89. The zero-order valence-electron chi connectivity index (χ0n) is 12.4. The number of para-hydroxylation sites is 1. The Balaban J connectivity index is 2.38. The molecular formula is C17H15N3O2. The van der Waals surface area contributed by atoms with Gasteiger partial charge in [0.1, 0.15) is 0 Å². The molecule has 0 unspecified atom stereocenters. The van der Waals surface area contributed by atoms with Gasteiger partial charge in [-0.15, -0.1) is 0 Å². The van der Waals surface area contributed by atoms with Gasteiger partial charge in [-0.05, 0) is 18.2 Å². The highest BCUT2D eigenvalue weighted by molar-refractivity contribution is 6.04. The highest BCUT2D eigenvalue weighted by Crippen LogP contribution is 2.16. The zero-order chi connectivity index (χ0) is 15.7. The van der Waals surface area contributed by atoms with Gasteiger partial charge < -0.3 is 4.90 Å². The summed E-state index contributed by atoms with van der Waals surface area (Å²) in [6.45, 7) is 0. The van der Waals surface area contributed by atoms with Crippen LogP contribution in [-0.4, -0.2) is 34.7 Å². The molecule has 2 aromatic carbocycles. The second kappa shape index (κ2) is 5.44. The molecule has 0 saturated carbocycles. The number of amides is 1. The summed E-state index contributed by atoms with van der Waals surface area (Å²) in [5.41, 5.74) is 0.659. The van der Waals surface area contributed by atoms with E-state index in [2.05, 4.69) is 5.10 Å². The molecule has 0 fully saturated rings. The second-order valence-electron chi connectivity index (χ2n) is 5.15. The molecule has 0 N–H and O–H groups in total. The summed E-state index contributed by atoms with van der Waals surface area (Å²) in [5.74, 6) is -0.235. The van der Waals surface area contributed by atoms with Crippen LogP contribution >= 0.6 is 0 Å². The smallest absolute Gasteiger partial charge is 0.279 e. The minimum Gasteiger partial charge on any atom is -0.343 e. The van der Waals surface area contributed by atoms with E-state index in [0.717, 1.165) is 0 Å². The summed E-state index contributed by atoms with van der Waals surface area (Å²) in [6, 6.07) is 16.1. The topological polar surface area (TPSA) is 55.2 Å². The van der Waals surface area contributed by atoms with Crippen molar-refractivity contribution in [3.63, 3.8) is 0 Å². The van der Waals surface area contributed by atoms with Gasteiger partial charge in [-0.1, -0.05) is 36.4 Å². The molecule has 22 heavy (non-hydrogen) atoms. The summed E-state index contributed by atoms with van der Waals surface area (Å²) >= 11 is 0. The predicted octanol–water partition coefficient (Wildman–Crippen LogP) is 2.09. The van der Waals surface area contributed by atoms with E-state index in [9.17, 15) is 9.59 Å². The maximum Gasteiger partial charge on any atom is 0.279 e. The SMILES string of the molecule is CN(C)C(=O)c1nn(-c2ccccc2)c(=O)c2ccccc12. The Labute approximate surface area is 127 Å². The lowest BCUT2D eigenvalue weighted by atomic mass is 10.1. The van der Waals surface area contributed by atoms with E-state index in [1.807, 2.05) is 18.2 Å². The molecule has 0 spiro atoms. The fraction of sp³-hybridized carbons (Fsp3) is 0.118. The van der Waals surface area contributed by atoms with Crippen molar-refractivity contribution in [3.8, 4) is 5.69 Å². The van der Waals surface area contributed by atoms with E-state index in [1.54, 1.807) is 50.5 Å². The molecule has 110 valence electrons. The summed E-state index contributed by atoms with van der Waals surface area (Å²) < 4.78 is 1.28. The van der Waals surface area contributed by atoms with Crippen LogP contribution in [0.2, 0.25) is 0 Å². The van der Waals surface area contributed by atoms with Crippen molar-refractivity contribution in [3.05, 3.63) is 70.6 Å².